The van der Waals surface area contributed by atoms with Gasteiger partial charge < -0.3 is 21.1 Å². The van der Waals surface area contributed by atoms with Crippen molar-refractivity contribution in [2.45, 2.75) is 51.7 Å². The molecule has 0 bridgehead atoms. The van der Waals surface area contributed by atoms with Crippen molar-refractivity contribution >= 4 is 24.2 Å². The quantitative estimate of drug-likeness (QED) is 0.594. The Kier molecular flexibility index (Phi) is 6.24. The number of hydrogen-bond acceptors (Lipinski definition) is 4. The van der Waals surface area contributed by atoms with Crippen LogP contribution in [0.2, 0.25) is 0 Å². The Hall–Kier alpha value is -0.850. The van der Waals surface area contributed by atoms with Gasteiger partial charge in [-0.1, -0.05) is 13.8 Å². The van der Waals surface area contributed by atoms with Crippen molar-refractivity contribution in [3.63, 3.8) is 0 Å². The van der Waals surface area contributed by atoms with Crippen molar-refractivity contribution in [3.8, 4) is 0 Å². The van der Waals surface area contributed by atoms with Gasteiger partial charge in [0.15, 0.2) is 0 Å². The summed E-state index contributed by atoms with van der Waals surface area (Å²) in [5.74, 6) is 0.121. The normalized spacial score (nSPS) is 29.0. The molecule has 0 aliphatic heterocycles. The van der Waals surface area contributed by atoms with Gasteiger partial charge in [-0.3, -0.25) is 9.59 Å². The third-order valence-corrected chi connectivity index (χ3v) is 4.89. The molecule has 0 heterocycles. The number of rotatable bonds is 7. The molecule has 0 spiro atoms. The fourth-order valence-electron chi connectivity index (χ4n) is 2.83. The zero-order chi connectivity index (χ0) is 15.7. The van der Waals surface area contributed by atoms with Crippen molar-refractivity contribution < 1.29 is 14.3 Å². The third kappa shape index (κ3) is 3.55. The lowest BCUT2D eigenvalue weighted by Gasteiger charge is -2.57. The van der Waals surface area contributed by atoms with Gasteiger partial charge in [0.25, 0.3) is 0 Å². The summed E-state index contributed by atoms with van der Waals surface area (Å²) in [5.41, 5.74) is 4.99. The summed E-state index contributed by atoms with van der Waals surface area (Å²) in [7, 11) is 0. The summed E-state index contributed by atoms with van der Waals surface area (Å²) >= 11 is 0. The van der Waals surface area contributed by atoms with E-state index in [4.69, 9.17) is 10.5 Å². The maximum atomic E-state index is 12.3. The number of nitrogens with two attached hydrogens (primary N) is 1. The molecule has 128 valence electrons. The fraction of sp³-hybridized carbons (Fsp3) is 0.867. The van der Waals surface area contributed by atoms with Gasteiger partial charge in [0.2, 0.25) is 11.8 Å². The van der Waals surface area contributed by atoms with Crippen molar-refractivity contribution in [2.75, 3.05) is 19.7 Å². The van der Waals surface area contributed by atoms with E-state index < -0.39 is 5.54 Å². The molecule has 2 saturated carbocycles. The summed E-state index contributed by atoms with van der Waals surface area (Å²) < 4.78 is 5.61. The molecule has 2 atom stereocenters. The Balaban J connectivity index is 0.00000242. The van der Waals surface area contributed by atoms with E-state index in [2.05, 4.69) is 10.6 Å². The van der Waals surface area contributed by atoms with Crippen molar-refractivity contribution in [3.05, 3.63) is 0 Å². The first-order valence-electron chi connectivity index (χ1n) is 7.79. The molecule has 0 saturated heterocycles. The second-order valence-electron chi connectivity index (χ2n) is 6.66. The minimum Gasteiger partial charge on any atom is -0.378 e. The van der Waals surface area contributed by atoms with Crippen molar-refractivity contribution in [2.24, 2.45) is 17.1 Å². The van der Waals surface area contributed by atoms with E-state index in [0.29, 0.717) is 26.1 Å². The highest BCUT2D eigenvalue weighted by Crippen LogP contribution is 2.49. The predicted octanol–water partition coefficient (Wildman–Crippen LogP) is 0.583. The smallest absolute Gasteiger partial charge is 0.240 e. The van der Waals surface area contributed by atoms with E-state index in [-0.39, 0.29) is 41.7 Å². The summed E-state index contributed by atoms with van der Waals surface area (Å²) in [6.07, 6.45) is 2.52. The van der Waals surface area contributed by atoms with Crippen LogP contribution in [0.5, 0.6) is 0 Å². The molecule has 0 aromatic rings. The monoisotopic (exact) mass is 333 g/mol. The lowest BCUT2D eigenvalue weighted by atomic mass is 9.54. The van der Waals surface area contributed by atoms with Gasteiger partial charge in [-0.15, -0.1) is 12.4 Å². The topological polar surface area (TPSA) is 93.4 Å². The van der Waals surface area contributed by atoms with Crippen LogP contribution in [0.25, 0.3) is 0 Å². The molecule has 2 aliphatic carbocycles. The van der Waals surface area contributed by atoms with E-state index in [1.165, 1.54) is 0 Å². The Bertz CT molecular complexity index is 426. The number of carbonyl (C=O) groups is 2. The van der Waals surface area contributed by atoms with Crippen LogP contribution in [0.15, 0.2) is 0 Å². The zero-order valence-electron chi connectivity index (χ0n) is 13.6. The van der Waals surface area contributed by atoms with Crippen LogP contribution in [0.3, 0.4) is 0 Å². The number of amides is 2. The van der Waals surface area contributed by atoms with E-state index in [1.54, 1.807) is 0 Å². The van der Waals surface area contributed by atoms with Crippen LogP contribution < -0.4 is 16.4 Å². The largest absolute Gasteiger partial charge is 0.378 e. The Morgan fingerprint density at radius 3 is 2.32 bits per heavy atom. The highest BCUT2D eigenvalue weighted by atomic mass is 35.5. The predicted molar refractivity (Wildman–Crippen MR) is 86.7 cm³/mol. The second kappa shape index (κ2) is 7.15. The lowest BCUT2D eigenvalue weighted by molar-refractivity contribution is -0.170. The van der Waals surface area contributed by atoms with Crippen LogP contribution in [-0.4, -0.2) is 43.2 Å². The Morgan fingerprint density at radius 1 is 1.23 bits per heavy atom. The summed E-state index contributed by atoms with van der Waals surface area (Å²) in [6.45, 7) is 7.35. The minimum absolute atomic E-state index is 0. The van der Waals surface area contributed by atoms with Crippen molar-refractivity contribution in [1.29, 1.82) is 0 Å². The average Bonchev–Trinajstić information content (AvgIpc) is 3.27. The number of hydrogen-bond donors (Lipinski definition) is 3. The molecule has 2 amide bonds. The Morgan fingerprint density at radius 2 is 1.82 bits per heavy atom. The highest BCUT2D eigenvalue weighted by Gasteiger charge is 2.62. The van der Waals surface area contributed by atoms with E-state index >= 15 is 0 Å². The maximum Gasteiger partial charge on any atom is 0.240 e. The van der Waals surface area contributed by atoms with Gasteiger partial charge in [-0.2, -0.15) is 0 Å². The first-order chi connectivity index (χ1) is 9.83. The summed E-state index contributed by atoms with van der Waals surface area (Å²) in [5, 5.41) is 5.64. The Labute approximate surface area is 138 Å². The first-order valence-corrected chi connectivity index (χ1v) is 7.79. The van der Waals surface area contributed by atoms with Gasteiger partial charge in [0.05, 0.1) is 6.10 Å². The molecule has 0 radical (unpaired) electrons. The van der Waals surface area contributed by atoms with Crippen LogP contribution in [0, 0.1) is 11.3 Å². The third-order valence-electron chi connectivity index (χ3n) is 4.89. The van der Waals surface area contributed by atoms with Crippen molar-refractivity contribution in [1.82, 2.24) is 10.6 Å². The molecule has 2 aliphatic rings. The highest BCUT2D eigenvalue weighted by molar-refractivity contribution is 5.89. The second-order valence-corrected chi connectivity index (χ2v) is 6.66. The SMILES string of the molecule is CCOC1CC(N)(C(=O)NCCNC(=O)C2CC2)C1(C)C.Cl. The molecule has 2 fully saturated rings. The molecular formula is C15H28ClN3O3. The summed E-state index contributed by atoms with van der Waals surface area (Å²) in [4.78, 5) is 23.8. The number of ether oxygens (including phenoxy) is 1. The van der Waals surface area contributed by atoms with E-state index in [0.717, 1.165) is 12.8 Å². The van der Waals surface area contributed by atoms with Gasteiger partial charge in [0.1, 0.15) is 5.54 Å². The molecule has 2 rings (SSSR count). The molecule has 22 heavy (non-hydrogen) atoms. The molecule has 6 nitrogen and oxygen atoms in total. The molecule has 0 aromatic carbocycles. The lowest BCUT2D eigenvalue weighted by Crippen LogP contribution is -2.75. The van der Waals surface area contributed by atoms with Crippen LogP contribution in [-0.2, 0) is 14.3 Å². The molecule has 2 unspecified atom stereocenters. The number of halogens is 1. The van der Waals surface area contributed by atoms with E-state index in [9.17, 15) is 9.59 Å². The minimum atomic E-state index is -0.895. The molecule has 0 aromatic heterocycles. The van der Waals surface area contributed by atoms with Gasteiger partial charge >= 0.3 is 0 Å². The standard InChI is InChI=1S/C15H27N3O3.ClH/c1-4-21-11-9-15(16,14(11,2)3)13(20)18-8-7-17-12(19)10-5-6-10;/h10-11H,4-9,16H2,1-3H3,(H,17,19)(H,18,20);1H. The van der Waals surface area contributed by atoms with Crippen LogP contribution >= 0.6 is 12.4 Å². The average molecular weight is 334 g/mol. The zero-order valence-corrected chi connectivity index (χ0v) is 14.4. The first kappa shape index (κ1) is 19.2. The number of nitrogens with one attached hydrogen (secondary N) is 2. The molecule has 4 N–H and O–H groups in total. The molecule has 7 heteroatoms. The summed E-state index contributed by atoms with van der Waals surface area (Å²) in [6, 6.07) is 0. The van der Waals surface area contributed by atoms with Crippen LogP contribution in [0.1, 0.15) is 40.0 Å². The number of carbonyl (C=O) groups excluding carboxylic acids is 2. The van der Waals surface area contributed by atoms with E-state index in [1.807, 2.05) is 20.8 Å². The van der Waals surface area contributed by atoms with Crippen LogP contribution in [0.4, 0.5) is 0 Å². The fourth-order valence-corrected chi connectivity index (χ4v) is 2.83. The van der Waals surface area contributed by atoms with Gasteiger partial charge in [-0.25, -0.2) is 0 Å². The van der Waals surface area contributed by atoms with Gasteiger partial charge in [-0.05, 0) is 19.8 Å². The molecular weight excluding hydrogens is 306 g/mol. The van der Waals surface area contributed by atoms with Gasteiger partial charge in [0, 0.05) is 37.5 Å². The maximum absolute atomic E-state index is 12.3.